The Bertz CT molecular complexity index is 442. The lowest BCUT2D eigenvalue weighted by Crippen LogP contribution is -2.11. The molecule has 2 rings (SSSR count). The van der Waals surface area contributed by atoms with Crippen LogP contribution in [0.2, 0.25) is 0 Å². The van der Waals surface area contributed by atoms with Crippen LogP contribution in [0.4, 0.5) is 5.13 Å². The zero-order valence-corrected chi connectivity index (χ0v) is 9.41. The van der Waals surface area contributed by atoms with Crippen LogP contribution in [-0.2, 0) is 11.2 Å². The van der Waals surface area contributed by atoms with Crippen molar-refractivity contribution in [3.8, 4) is 0 Å². The zero-order chi connectivity index (χ0) is 11.2. The minimum atomic E-state index is -0.0272. The predicted octanol–water partition coefficient (Wildman–Crippen LogP) is 2.11. The molecule has 1 heterocycles. The number of hydrogen-bond donors (Lipinski definition) is 1. The van der Waals surface area contributed by atoms with Gasteiger partial charge in [-0.1, -0.05) is 30.3 Å². The van der Waals surface area contributed by atoms with Crippen LogP contribution in [0.15, 0.2) is 36.7 Å². The highest BCUT2D eigenvalue weighted by Gasteiger charge is 2.04. The average molecular weight is 233 g/mol. The summed E-state index contributed by atoms with van der Waals surface area (Å²) in [7, 11) is 0. The number of rotatable bonds is 4. The number of aryl methyl sites for hydroxylation is 1. The highest BCUT2D eigenvalue weighted by atomic mass is 32.1. The molecule has 1 amide bonds. The Morgan fingerprint density at radius 1 is 1.31 bits per heavy atom. The minimum Gasteiger partial charge on any atom is -0.301 e. The van der Waals surface area contributed by atoms with Gasteiger partial charge in [-0.2, -0.15) is 4.37 Å². The van der Waals surface area contributed by atoms with Crippen LogP contribution in [0.5, 0.6) is 0 Å². The largest absolute Gasteiger partial charge is 0.301 e. The van der Waals surface area contributed by atoms with Crippen molar-refractivity contribution >= 4 is 22.6 Å². The second kappa shape index (κ2) is 5.37. The van der Waals surface area contributed by atoms with Gasteiger partial charge in [0.15, 0.2) is 0 Å². The molecule has 1 aromatic heterocycles. The maximum Gasteiger partial charge on any atom is 0.226 e. The first kappa shape index (κ1) is 10.8. The van der Waals surface area contributed by atoms with Gasteiger partial charge in [-0.05, 0) is 12.0 Å². The van der Waals surface area contributed by atoms with Gasteiger partial charge in [0.2, 0.25) is 11.0 Å². The Morgan fingerprint density at radius 3 is 2.81 bits per heavy atom. The van der Waals surface area contributed by atoms with Crippen molar-refractivity contribution in [2.24, 2.45) is 0 Å². The van der Waals surface area contributed by atoms with E-state index < -0.39 is 0 Å². The maximum absolute atomic E-state index is 11.5. The Kier molecular flexibility index (Phi) is 3.61. The molecular weight excluding hydrogens is 222 g/mol. The molecule has 5 heteroatoms. The van der Waals surface area contributed by atoms with Crippen LogP contribution < -0.4 is 5.32 Å². The smallest absolute Gasteiger partial charge is 0.226 e. The molecule has 0 aliphatic carbocycles. The molecule has 82 valence electrons. The van der Waals surface area contributed by atoms with Gasteiger partial charge in [-0.15, -0.1) is 0 Å². The van der Waals surface area contributed by atoms with Crippen LogP contribution in [-0.4, -0.2) is 15.3 Å². The molecular formula is C11H11N3OS. The van der Waals surface area contributed by atoms with Gasteiger partial charge in [-0.25, -0.2) is 4.98 Å². The summed E-state index contributed by atoms with van der Waals surface area (Å²) in [6.07, 6.45) is 2.63. The third-order valence-electron chi connectivity index (χ3n) is 2.09. The average Bonchev–Trinajstić information content (AvgIpc) is 2.81. The van der Waals surface area contributed by atoms with E-state index in [9.17, 15) is 4.79 Å². The molecule has 2 aromatic rings. The van der Waals surface area contributed by atoms with Crippen molar-refractivity contribution in [1.82, 2.24) is 9.36 Å². The summed E-state index contributed by atoms with van der Waals surface area (Å²) in [5.74, 6) is -0.0272. The van der Waals surface area contributed by atoms with Crippen LogP contribution in [0.25, 0.3) is 0 Å². The number of nitrogens with one attached hydrogen (secondary N) is 1. The van der Waals surface area contributed by atoms with Crippen molar-refractivity contribution in [1.29, 1.82) is 0 Å². The van der Waals surface area contributed by atoms with Crippen LogP contribution in [0.1, 0.15) is 12.0 Å². The second-order valence-electron chi connectivity index (χ2n) is 3.28. The quantitative estimate of drug-likeness (QED) is 0.880. The Balaban J connectivity index is 1.80. The van der Waals surface area contributed by atoms with Crippen molar-refractivity contribution in [3.05, 3.63) is 42.2 Å². The molecule has 0 aliphatic heterocycles. The standard InChI is InChI=1S/C11H11N3OS/c15-10(14-11-12-8-13-16-11)7-6-9-4-2-1-3-5-9/h1-5,8H,6-7H2,(H,12,13,14,15). The van der Waals surface area contributed by atoms with Gasteiger partial charge in [0.1, 0.15) is 6.33 Å². The summed E-state index contributed by atoms with van der Waals surface area (Å²) in [4.78, 5) is 15.4. The summed E-state index contributed by atoms with van der Waals surface area (Å²) >= 11 is 1.18. The fraction of sp³-hybridized carbons (Fsp3) is 0.182. The first-order valence-corrected chi connectivity index (χ1v) is 5.72. The number of carbonyl (C=O) groups excluding carboxylic acids is 1. The number of anilines is 1. The van der Waals surface area contributed by atoms with E-state index in [-0.39, 0.29) is 5.91 Å². The fourth-order valence-corrected chi connectivity index (χ4v) is 1.76. The second-order valence-corrected chi connectivity index (χ2v) is 4.06. The highest BCUT2D eigenvalue weighted by Crippen LogP contribution is 2.08. The molecule has 0 saturated carbocycles. The SMILES string of the molecule is O=C(CCc1ccccc1)Nc1ncns1. The lowest BCUT2D eigenvalue weighted by Gasteiger charge is -2.01. The summed E-state index contributed by atoms with van der Waals surface area (Å²) in [5.41, 5.74) is 1.16. The van der Waals surface area contributed by atoms with Crippen LogP contribution in [0.3, 0.4) is 0 Å². The number of aromatic nitrogens is 2. The number of carbonyl (C=O) groups is 1. The first-order chi connectivity index (χ1) is 7.84. The zero-order valence-electron chi connectivity index (χ0n) is 8.59. The summed E-state index contributed by atoms with van der Waals surface area (Å²) in [6.45, 7) is 0. The summed E-state index contributed by atoms with van der Waals surface area (Å²) < 4.78 is 3.81. The normalized spacial score (nSPS) is 10.0. The lowest BCUT2D eigenvalue weighted by atomic mass is 10.1. The monoisotopic (exact) mass is 233 g/mol. The molecule has 4 nitrogen and oxygen atoms in total. The number of hydrogen-bond acceptors (Lipinski definition) is 4. The van der Waals surface area contributed by atoms with Crippen LogP contribution >= 0.6 is 11.5 Å². The van der Waals surface area contributed by atoms with E-state index in [4.69, 9.17) is 0 Å². The van der Waals surface area contributed by atoms with Gasteiger partial charge in [0.05, 0.1) is 0 Å². The van der Waals surface area contributed by atoms with E-state index >= 15 is 0 Å². The molecule has 0 aliphatic rings. The van der Waals surface area contributed by atoms with Crippen molar-refractivity contribution in [2.75, 3.05) is 5.32 Å². The number of amides is 1. The first-order valence-electron chi connectivity index (χ1n) is 4.95. The van der Waals surface area contributed by atoms with Gasteiger partial charge >= 0.3 is 0 Å². The Labute approximate surface area is 97.5 Å². The Morgan fingerprint density at radius 2 is 2.12 bits per heavy atom. The molecule has 0 radical (unpaired) electrons. The van der Waals surface area contributed by atoms with E-state index in [1.165, 1.54) is 17.9 Å². The lowest BCUT2D eigenvalue weighted by molar-refractivity contribution is -0.116. The molecule has 16 heavy (non-hydrogen) atoms. The third-order valence-corrected chi connectivity index (χ3v) is 2.67. The van der Waals surface area contributed by atoms with E-state index in [0.29, 0.717) is 11.6 Å². The van der Waals surface area contributed by atoms with Gasteiger partial charge < -0.3 is 5.32 Å². The van der Waals surface area contributed by atoms with Crippen LogP contribution in [0, 0.1) is 0 Å². The molecule has 0 bridgehead atoms. The van der Waals surface area contributed by atoms with E-state index in [1.807, 2.05) is 30.3 Å². The maximum atomic E-state index is 11.5. The van der Waals surface area contributed by atoms with Crippen molar-refractivity contribution in [3.63, 3.8) is 0 Å². The topological polar surface area (TPSA) is 54.9 Å². The molecule has 0 fully saturated rings. The summed E-state index contributed by atoms with van der Waals surface area (Å²) in [5, 5.41) is 3.25. The predicted molar refractivity (Wildman–Crippen MR) is 63.3 cm³/mol. The molecule has 0 atom stereocenters. The number of nitrogens with zero attached hydrogens (tertiary/aromatic N) is 2. The molecule has 0 unspecified atom stereocenters. The fourth-order valence-electron chi connectivity index (χ4n) is 1.31. The Hall–Kier alpha value is -1.75. The number of benzene rings is 1. The van der Waals surface area contributed by atoms with Gasteiger partial charge in [-0.3, -0.25) is 4.79 Å². The van der Waals surface area contributed by atoms with E-state index in [0.717, 1.165) is 12.0 Å². The van der Waals surface area contributed by atoms with Crippen molar-refractivity contribution < 1.29 is 4.79 Å². The van der Waals surface area contributed by atoms with E-state index in [1.54, 1.807) is 0 Å². The molecule has 1 N–H and O–H groups in total. The van der Waals surface area contributed by atoms with E-state index in [2.05, 4.69) is 14.7 Å². The summed E-state index contributed by atoms with van der Waals surface area (Å²) in [6, 6.07) is 9.93. The van der Waals surface area contributed by atoms with Crippen molar-refractivity contribution in [2.45, 2.75) is 12.8 Å². The molecule has 0 spiro atoms. The highest BCUT2D eigenvalue weighted by molar-refractivity contribution is 7.09. The molecule has 0 saturated heterocycles. The molecule has 1 aromatic carbocycles. The third kappa shape index (κ3) is 3.13. The van der Waals surface area contributed by atoms with Gasteiger partial charge in [0.25, 0.3) is 0 Å². The van der Waals surface area contributed by atoms with Gasteiger partial charge in [0, 0.05) is 18.0 Å². The minimum absolute atomic E-state index is 0.0272.